The third-order valence-electron chi connectivity index (χ3n) is 2.61. The Morgan fingerprint density at radius 1 is 1.29 bits per heavy atom. The van der Waals surface area contributed by atoms with Crippen molar-refractivity contribution < 1.29 is 13.5 Å². The Labute approximate surface area is 99.3 Å². The average Bonchev–Trinajstić information content (AvgIpc) is 2.70. The van der Waals surface area contributed by atoms with Crippen LogP contribution in [0, 0.1) is 17.0 Å². The molecule has 0 saturated carbocycles. The highest BCUT2D eigenvalue weighted by Gasteiger charge is 2.30. The number of rotatable bonds is 1. The molecular weight excluding hydrogens is 224 g/mol. The van der Waals surface area contributed by atoms with Gasteiger partial charge in [-0.1, -0.05) is 20.8 Å². The van der Waals surface area contributed by atoms with Crippen molar-refractivity contribution in [3.05, 3.63) is 35.4 Å². The maximum absolute atomic E-state index is 13.6. The fourth-order valence-corrected chi connectivity index (χ4v) is 1.71. The van der Waals surface area contributed by atoms with Crippen LogP contribution in [0.4, 0.5) is 8.78 Å². The molecule has 0 saturated heterocycles. The van der Waals surface area contributed by atoms with Gasteiger partial charge in [-0.25, -0.2) is 13.8 Å². The monoisotopic (exact) mass is 239 g/mol. The molecule has 1 atom stereocenters. The Morgan fingerprint density at radius 2 is 2.00 bits per heavy atom. The molecule has 17 heavy (non-hydrogen) atoms. The molecule has 1 unspecified atom stereocenters. The van der Waals surface area contributed by atoms with E-state index in [-0.39, 0.29) is 17.6 Å². The van der Waals surface area contributed by atoms with Gasteiger partial charge in [0.15, 0.2) is 5.90 Å². The minimum Gasteiger partial charge on any atom is -0.478 e. The quantitative estimate of drug-likeness (QED) is 0.735. The largest absolute Gasteiger partial charge is 0.478 e. The summed E-state index contributed by atoms with van der Waals surface area (Å²) in [5.41, 5.74) is 0.0442. The highest BCUT2D eigenvalue weighted by Crippen LogP contribution is 2.31. The topological polar surface area (TPSA) is 21.6 Å². The van der Waals surface area contributed by atoms with Crippen LogP contribution in [0.5, 0.6) is 0 Å². The third-order valence-corrected chi connectivity index (χ3v) is 2.61. The van der Waals surface area contributed by atoms with Crippen molar-refractivity contribution in [2.24, 2.45) is 10.4 Å². The Hall–Kier alpha value is -1.45. The second kappa shape index (κ2) is 4.09. The van der Waals surface area contributed by atoms with Gasteiger partial charge >= 0.3 is 0 Å². The molecule has 1 aliphatic rings. The lowest BCUT2D eigenvalue weighted by Crippen LogP contribution is -2.20. The van der Waals surface area contributed by atoms with Crippen molar-refractivity contribution in [3.63, 3.8) is 0 Å². The van der Waals surface area contributed by atoms with Gasteiger partial charge in [0, 0.05) is 11.0 Å². The van der Waals surface area contributed by atoms with Crippen molar-refractivity contribution in [2.75, 3.05) is 6.61 Å². The molecule has 2 rings (SSSR count). The van der Waals surface area contributed by atoms with E-state index in [1.807, 2.05) is 20.8 Å². The lowest BCUT2D eigenvalue weighted by Gasteiger charge is -2.16. The zero-order chi connectivity index (χ0) is 12.6. The summed E-state index contributed by atoms with van der Waals surface area (Å²) in [5, 5.41) is 0. The van der Waals surface area contributed by atoms with Gasteiger partial charge in [0.25, 0.3) is 0 Å². The molecule has 2 nitrogen and oxygen atoms in total. The SMILES string of the molecule is CC(C)(C)C1=NC(c2cc(F)ccc2F)CO1. The molecular formula is C13H15F2NO. The molecule has 0 aromatic heterocycles. The lowest BCUT2D eigenvalue weighted by molar-refractivity contribution is 0.281. The third kappa shape index (κ3) is 2.46. The van der Waals surface area contributed by atoms with Crippen LogP contribution in [0.1, 0.15) is 32.4 Å². The van der Waals surface area contributed by atoms with Gasteiger partial charge in [0.2, 0.25) is 0 Å². The van der Waals surface area contributed by atoms with Crippen molar-refractivity contribution >= 4 is 5.90 Å². The van der Waals surface area contributed by atoms with Gasteiger partial charge in [0.05, 0.1) is 0 Å². The zero-order valence-corrected chi connectivity index (χ0v) is 10.1. The Kier molecular flexibility index (Phi) is 2.89. The molecule has 1 aromatic carbocycles. The minimum absolute atomic E-state index is 0.210. The molecule has 0 aliphatic carbocycles. The first kappa shape index (κ1) is 12.0. The molecule has 0 amide bonds. The van der Waals surface area contributed by atoms with E-state index in [0.29, 0.717) is 5.90 Å². The van der Waals surface area contributed by atoms with Crippen molar-refractivity contribution in [1.82, 2.24) is 0 Å². The molecule has 0 bridgehead atoms. The summed E-state index contributed by atoms with van der Waals surface area (Å²) >= 11 is 0. The molecule has 92 valence electrons. The summed E-state index contributed by atoms with van der Waals surface area (Å²) in [4.78, 5) is 4.32. The summed E-state index contributed by atoms with van der Waals surface area (Å²) in [6.45, 7) is 6.18. The second-order valence-corrected chi connectivity index (χ2v) is 5.18. The van der Waals surface area contributed by atoms with Crippen molar-refractivity contribution in [2.45, 2.75) is 26.8 Å². The first-order valence-corrected chi connectivity index (χ1v) is 5.54. The summed E-state index contributed by atoms with van der Waals surface area (Å²) in [6.07, 6.45) is 0. The molecule has 4 heteroatoms. The number of aliphatic imine (C=N–C) groups is 1. The molecule has 1 heterocycles. The van der Waals surface area contributed by atoms with E-state index in [1.54, 1.807) is 0 Å². The van der Waals surface area contributed by atoms with Crippen molar-refractivity contribution in [3.8, 4) is 0 Å². The minimum atomic E-state index is -0.458. The maximum Gasteiger partial charge on any atom is 0.189 e. The fourth-order valence-electron chi connectivity index (χ4n) is 1.71. The van der Waals surface area contributed by atoms with Gasteiger partial charge in [-0.05, 0) is 18.2 Å². The highest BCUT2D eigenvalue weighted by molar-refractivity contribution is 5.83. The summed E-state index contributed by atoms with van der Waals surface area (Å²) in [7, 11) is 0. The molecule has 1 aliphatic heterocycles. The second-order valence-electron chi connectivity index (χ2n) is 5.18. The number of hydrogen-bond acceptors (Lipinski definition) is 2. The fraction of sp³-hybridized carbons (Fsp3) is 0.462. The van der Waals surface area contributed by atoms with E-state index in [4.69, 9.17) is 4.74 Å². The van der Waals surface area contributed by atoms with Crippen LogP contribution in [0.3, 0.4) is 0 Å². The van der Waals surface area contributed by atoms with E-state index in [2.05, 4.69) is 4.99 Å². The lowest BCUT2D eigenvalue weighted by atomic mass is 9.97. The summed E-state index contributed by atoms with van der Waals surface area (Å²) < 4.78 is 32.1. The first-order valence-electron chi connectivity index (χ1n) is 5.54. The number of nitrogens with zero attached hydrogens (tertiary/aromatic N) is 1. The van der Waals surface area contributed by atoms with E-state index in [9.17, 15) is 8.78 Å². The maximum atomic E-state index is 13.6. The van der Waals surface area contributed by atoms with Crippen molar-refractivity contribution in [1.29, 1.82) is 0 Å². The van der Waals surface area contributed by atoms with Crippen LogP contribution in [0.2, 0.25) is 0 Å². The number of benzene rings is 1. The first-order chi connectivity index (χ1) is 7.88. The Balaban J connectivity index is 2.31. The Bertz CT molecular complexity index is 463. The van der Waals surface area contributed by atoms with Gasteiger partial charge in [-0.3, -0.25) is 0 Å². The molecule has 0 fully saturated rings. The normalized spacial score (nSPS) is 20.1. The molecule has 0 radical (unpaired) electrons. The van der Waals surface area contributed by atoms with Crippen LogP contribution >= 0.6 is 0 Å². The van der Waals surface area contributed by atoms with E-state index in [0.717, 1.165) is 12.1 Å². The predicted molar refractivity (Wildman–Crippen MR) is 61.9 cm³/mol. The number of halogens is 2. The van der Waals surface area contributed by atoms with Gasteiger partial charge in [-0.15, -0.1) is 0 Å². The van der Waals surface area contributed by atoms with E-state index >= 15 is 0 Å². The van der Waals surface area contributed by atoms with Crippen LogP contribution < -0.4 is 0 Å². The summed E-state index contributed by atoms with van der Waals surface area (Å²) in [6, 6.07) is 2.96. The molecule has 1 aromatic rings. The number of hydrogen-bond donors (Lipinski definition) is 0. The van der Waals surface area contributed by atoms with Crippen LogP contribution in [0.15, 0.2) is 23.2 Å². The molecule has 0 spiro atoms. The van der Waals surface area contributed by atoms with Crippen LogP contribution in [-0.2, 0) is 4.74 Å². The predicted octanol–water partition coefficient (Wildman–Crippen LogP) is 3.48. The smallest absolute Gasteiger partial charge is 0.189 e. The standard InChI is InChI=1S/C13H15F2NO/c1-13(2,3)12-16-11(7-17-12)9-6-8(14)4-5-10(9)15/h4-6,11H,7H2,1-3H3. The van der Waals surface area contributed by atoms with Gasteiger partial charge < -0.3 is 4.74 Å². The average molecular weight is 239 g/mol. The van der Waals surface area contributed by atoms with Crippen LogP contribution in [0.25, 0.3) is 0 Å². The molecule has 0 N–H and O–H groups in total. The van der Waals surface area contributed by atoms with E-state index in [1.165, 1.54) is 6.07 Å². The summed E-state index contributed by atoms with van der Waals surface area (Å²) in [5.74, 6) is -0.314. The van der Waals surface area contributed by atoms with Gasteiger partial charge in [-0.2, -0.15) is 0 Å². The van der Waals surface area contributed by atoms with E-state index < -0.39 is 17.7 Å². The Morgan fingerprint density at radius 3 is 2.59 bits per heavy atom. The zero-order valence-electron chi connectivity index (χ0n) is 10.1. The highest BCUT2D eigenvalue weighted by atomic mass is 19.1. The number of ether oxygens (including phenoxy) is 1. The van der Waals surface area contributed by atoms with Crippen LogP contribution in [-0.4, -0.2) is 12.5 Å². The van der Waals surface area contributed by atoms with Gasteiger partial charge in [0.1, 0.15) is 24.3 Å².